The number of amides is 1. The highest BCUT2D eigenvalue weighted by atomic mass is 35.5. The van der Waals surface area contributed by atoms with Crippen LogP contribution in [-0.4, -0.2) is 26.6 Å². The van der Waals surface area contributed by atoms with E-state index >= 15 is 0 Å². The first-order valence-corrected chi connectivity index (χ1v) is 11.5. The van der Waals surface area contributed by atoms with Crippen molar-refractivity contribution in [3.8, 4) is 0 Å². The van der Waals surface area contributed by atoms with Crippen LogP contribution in [0.2, 0.25) is 5.02 Å². The van der Waals surface area contributed by atoms with Gasteiger partial charge >= 0.3 is 0 Å². The van der Waals surface area contributed by atoms with E-state index in [0.717, 1.165) is 35.4 Å². The van der Waals surface area contributed by atoms with Crippen LogP contribution in [0.3, 0.4) is 0 Å². The predicted molar refractivity (Wildman–Crippen MR) is 117 cm³/mol. The number of benzene rings is 2. The molecule has 28 heavy (non-hydrogen) atoms. The maximum absolute atomic E-state index is 12.8. The summed E-state index contributed by atoms with van der Waals surface area (Å²) in [5, 5.41) is 3.21. The molecule has 0 aliphatic carbocycles. The minimum atomic E-state index is -3.70. The maximum atomic E-state index is 12.8. The molecular formula is C21H27ClN2O3S. The molecule has 0 spiro atoms. The third-order valence-corrected chi connectivity index (χ3v) is 6.00. The molecule has 7 heteroatoms. The Morgan fingerprint density at radius 3 is 2.39 bits per heavy atom. The van der Waals surface area contributed by atoms with Crippen molar-refractivity contribution in [1.29, 1.82) is 0 Å². The van der Waals surface area contributed by atoms with Gasteiger partial charge in [-0.2, -0.15) is 0 Å². The van der Waals surface area contributed by atoms with Gasteiger partial charge in [-0.25, -0.2) is 8.42 Å². The topological polar surface area (TPSA) is 66.5 Å². The first-order valence-electron chi connectivity index (χ1n) is 9.29. The number of anilines is 2. The molecule has 2 aromatic rings. The number of nitrogens with one attached hydrogen (secondary N) is 1. The standard InChI is InChI=1S/C21H27ClN2O3S/c1-5-6-7-17-9-12-19(13-10-17)23-21(25)16(3)24(28(4,26)27)20-14-18(22)11-8-15(20)2/h8-14,16H,5-7H2,1-4H3,(H,23,25)/t16-/m0/s1. The van der Waals surface area contributed by atoms with Crippen molar-refractivity contribution < 1.29 is 13.2 Å². The highest BCUT2D eigenvalue weighted by Crippen LogP contribution is 2.28. The summed E-state index contributed by atoms with van der Waals surface area (Å²) in [5.74, 6) is -0.411. The molecule has 1 amide bonds. The Balaban J connectivity index is 2.23. The summed E-state index contributed by atoms with van der Waals surface area (Å²) in [7, 11) is -3.70. The van der Waals surface area contributed by atoms with E-state index in [9.17, 15) is 13.2 Å². The Hall–Kier alpha value is -2.05. The third-order valence-electron chi connectivity index (χ3n) is 4.54. The van der Waals surface area contributed by atoms with Gasteiger partial charge in [0.2, 0.25) is 15.9 Å². The quantitative estimate of drug-likeness (QED) is 0.665. The Morgan fingerprint density at radius 1 is 1.18 bits per heavy atom. The summed E-state index contributed by atoms with van der Waals surface area (Å²) >= 11 is 6.05. The van der Waals surface area contributed by atoms with Crippen molar-refractivity contribution in [1.82, 2.24) is 0 Å². The number of sulfonamides is 1. The molecule has 0 aromatic heterocycles. The highest BCUT2D eigenvalue weighted by molar-refractivity contribution is 7.92. The number of nitrogens with zero attached hydrogens (tertiary/aromatic N) is 1. The molecule has 152 valence electrons. The average Bonchev–Trinajstić information content (AvgIpc) is 2.63. The first-order chi connectivity index (χ1) is 13.1. The summed E-state index contributed by atoms with van der Waals surface area (Å²) in [5.41, 5.74) is 2.95. The molecule has 5 nitrogen and oxygen atoms in total. The molecule has 0 saturated carbocycles. The summed E-state index contributed by atoms with van der Waals surface area (Å²) in [6, 6.07) is 11.7. The van der Waals surface area contributed by atoms with E-state index in [-0.39, 0.29) is 0 Å². The van der Waals surface area contributed by atoms with Gasteiger partial charge in [-0.15, -0.1) is 0 Å². The zero-order valence-corrected chi connectivity index (χ0v) is 18.3. The van der Waals surface area contributed by atoms with Crippen LogP contribution in [0, 0.1) is 6.92 Å². The van der Waals surface area contributed by atoms with Gasteiger partial charge in [0, 0.05) is 10.7 Å². The fraction of sp³-hybridized carbons (Fsp3) is 0.381. The Kier molecular flexibility index (Phi) is 7.49. The summed E-state index contributed by atoms with van der Waals surface area (Å²) in [6.45, 7) is 5.49. The van der Waals surface area contributed by atoms with Crippen molar-refractivity contribution in [3.05, 3.63) is 58.6 Å². The maximum Gasteiger partial charge on any atom is 0.247 e. The number of aryl methyl sites for hydroxylation is 2. The molecular weight excluding hydrogens is 396 g/mol. The number of halogens is 1. The number of unbranched alkanes of at least 4 members (excludes halogenated alkanes) is 1. The molecule has 1 atom stereocenters. The highest BCUT2D eigenvalue weighted by Gasteiger charge is 2.30. The van der Waals surface area contributed by atoms with E-state index < -0.39 is 22.0 Å². The van der Waals surface area contributed by atoms with Crippen LogP contribution in [0.25, 0.3) is 0 Å². The second-order valence-electron chi connectivity index (χ2n) is 6.96. The average molecular weight is 423 g/mol. The van der Waals surface area contributed by atoms with Gasteiger partial charge in [-0.05, 0) is 62.1 Å². The number of hydrogen-bond donors (Lipinski definition) is 1. The number of rotatable bonds is 8. The van der Waals surface area contributed by atoms with Gasteiger partial charge in [0.15, 0.2) is 0 Å². The van der Waals surface area contributed by atoms with E-state index in [1.165, 1.54) is 5.56 Å². The Bertz CT molecular complexity index is 927. The van der Waals surface area contributed by atoms with Crippen LogP contribution in [0.4, 0.5) is 11.4 Å². The second kappa shape index (κ2) is 9.43. The van der Waals surface area contributed by atoms with Gasteiger partial charge in [-0.3, -0.25) is 9.10 Å². The normalized spacial score (nSPS) is 12.5. The van der Waals surface area contributed by atoms with E-state index in [4.69, 9.17) is 11.6 Å². The predicted octanol–water partition coefficient (Wildman–Crippen LogP) is 4.78. The second-order valence-corrected chi connectivity index (χ2v) is 9.25. The van der Waals surface area contributed by atoms with Gasteiger partial charge in [0.25, 0.3) is 0 Å². The molecule has 2 aromatic carbocycles. The van der Waals surface area contributed by atoms with Crippen molar-refractivity contribution in [2.75, 3.05) is 15.9 Å². The lowest BCUT2D eigenvalue weighted by Crippen LogP contribution is -2.45. The van der Waals surface area contributed by atoms with Crippen LogP contribution in [0.1, 0.15) is 37.8 Å². The zero-order chi connectivity index (χ0) is 20.9. The van der Waals surface area contributed by atoms with E-state index in [2.05, 4.69) is 12.2 Å². The molecule has 0 bridgehead atoms. The molecule has 0 saturated heterocycles. The monoisotopic (exact) mass is 422 g/mol. The summed E-state index contributed by atoms with van der Waals surface area (Å²) < 4.78 is 26.0. The molecule has 0 aliphatic heterocycles. The Morgan fingerprint density at radius 2 is 1.82 bits per heavy atom. The fourth-order valence-electron chi connectivity index (χ4n) is 2.98. The Labute approximate surface area is 172 Å². The van der Waals surface area contributed by atoms with E-state index in [0.29, 0.717) is 16.4 Å². The molecule has 1 N–H and O–H groups in total. The lowest BCUT2D eigenvalue weighted by Gasteiger charge is -2.29. The van der Waals surface area contributed by atoms with E-state index in [1.807, 2.05) is 24.3 Å². The lowest BCUT2D eigenvalue weighted by atomic mass is 10.1. The van der Waals surface area contributed by atoms with Crippen LogP contribution in [0.5, 0.6) is 0 Å². The lowest BCUT2D eigenvalue weighted by molar-refractivity contribution is -0.116. The number of carbonyl (C=O) groups excluding carboxylic acids is 1. The van der Waals surface area contributed by atoms with Crippen LogP contribution in [-0.2, 0) is 21.2 Å². The third kappa shape index (κ3) is 5.72. The van der Waals surface area contributed by atoms with Crippen LogP contribution < -0.4 is 9.62 Å². The SMILES string of the molecule is CCCCc1ccc(NC(=O)[C@H](C)N(c2cc(Cl)ccc2C)S(C)(=O)=O)cc1. The fourth-order valence-corrected chi connectivity index (χ4v) is 4.37. The zero-order valence-electron chi connectivity index (χ0n) is 16.7. The van der Waals surface area contributed by atoms with Crippen molar-refractivity contribution >= 4 is 38.9 Å². The summed E-state index contributed by atoms with van der Waals surface area (Å²) in [4.78, 5) is 12.8. The number of hydrogen-bond acceptors (Lipinski definition) is 3. The minimum absolute atomic E-state index is 0.396. The van der Waals surface area contributed by atoms with Crippen LogP contribution >= 0.6 is 11.6 Å². The largest absolute Gasteiger partial charge is 0.324 e. The molecule has 0 aliphatic rings. The van der Waals surface area contributed by atoms with Crippen LogP contribution in [0.15, 0.2) is 42.5 Å². The van der Waals surface area contributed by atoms with Gasteiger partial charge in [0.1, 0.15) is 6.04 Å². The van der Waals surface area contributed by atoms with Crippen molar-refractivity contribution in [2.24, 2.45) is 0 Å². The van der Waals surface area contributed by atoms with Crippen molar-refractivity contribution in [3.63, 3.8) is 0 Å². The van der Waals surface area contributed by atoms with Gasteiger partial charge in [0.05, 0.1) is 11.9 Å². The first kappa shape index (κ1) is 22.2. The molecule has 0 fully saturated rings. The van der Waals surface area contributed by atoms with E-state index in [1.54, 1.807) is 32.0 Å². The van der Waals surface area contributed by atoms with Gasteiger partial charge < -0.3 is 5.32 Å². The molecule has 0 heterocycles. The minimum Gasteiger partial charge on any atom is -0.324 e. The summed E-state index contributed by atoms with van der Waals surface area (Å²) in [6.07, 6.45) is 4.32. The smallest absolute Gasteiger partial charge is 0.247 e. The molecule has 0 unspecified atom stereocenters. The van der Waals surface area contributed by atoms with Gasteiger partial charge in [-0.1, -0.05) is 43.1 Å². The van der Waals surface area contributed by atoms with Crippen molar-refractivity contribution in [2.45, 2.75) is 46.1 Å². The molecule has 0 radical (unpaired) electrons. The molecule has 2 rings (SSSR count). The number of carbonyl (C=O) groups is 1.